The minimum absolute atomic E-state index is 0.161. The first-order valence-electron chi connectivity index (χ1n) is 9.94. The Balaban J connectivity index is 1.60. The fourth-order valence-corrected chi connectivity index (χ4v) is 4.00. The van der Waals surface area contributed by atoms with Gasteiger partial charge in [0.15, 0.2) is 0 Å². The predicted octanol–water partition coefficient (Wildman–Crippen LogP) is 0.797. The van der Waals surface area contributed by atoms with Crippen LogP contribution in [0.4, 0.5) is 0 Å². The zero-order chi connectivity index (χ0) is 18.5. The monoisotopic (exact) mass is 364 g/mol. The summed E-state index contributed by atoms with van der Waals surface area (Å²) in [6.07, 6.45) is 10.2. The van der Waals surface area contributed by atoms with E-state index in [9.17, 15) is 15.0 Å². The number of nitrogens with zero attached hydrogens (tertiary/aromatic N) is 2. The van der Waals surface area contributed by atoms with E-state index in [4.69, 9.17) is 5.73 Å². The molecule has 3 rings (SSSR count). The van der Waals surface area contributed by atoms with Gasteiger partial charge in [-0.25, -0.2) is 0 Å². The largest absolute Gasteiger partial charge is 0.390 e. The molecular formula is C19H32N4O3. The van der Waals surface area contributed by atoms with Crippen molar-refractivity contribution in [3.8, 4) is 0 Å². The number of hydrogen-bond donors (Lipinski definition) is 4. The van der Waals surface area contributed by atoms with Gasteiger partial charge < -0.3 is 21.3 Å². The highest BCUT2D eigenvalue weighted by molar-refractivity contribution is 5.81. The zero-order valence-electron chi connectivity index (χ0n) is 15.3. The first kappa shape index (κ1) is 19.3. The van der Waals surface area contributed by atoms with E-state index >= 15 is 0 Å². The van der Waals surface area contributed by atoms with Crippen molar-refractivity contribution in [1.82, 2.24) is 15.1 Å². The average Bonchev–Trinajstić information content (AvgIpc) is 3.38. The van der Waals surface area contributed by atoms with Crippen LogP contribution < -0.4 is 11.1 Å². The highest BCUT2D eigenvalue weighted by atomic mass is 16.3. The number of carbonyl (C=O) groups excluding carboxylic acids is 1. The summed E-state index contributed by atoms with van der Waals surface area (Å²) in [6.45, 7) is 0.288. The molecule has 7 heteroatoms. The van der Waals surface area contributed by atoms with Gasteiger partial charge in [-0.1, -0.05) is 32.1 Å². The Morgan fingerprint density at radius 2 is 1.96 bits per heavy atom. The van der Waals surface area contributed by atoms with Crippen LogP contribution in [-0.2, 0) is 11.3 Å². The fraction of sp³-hybridized carbons (Fsp3) is 0.789. The van der Waals surface area contributed by atoms with Crippen LogP contribution in [0.2, 0.25) is 0 Å². The first-order valence-corrected chi connectivity index (χ1v) is 9.94. The lowest BCUT2D eigenvalue weighted by Gasteiger charge is -2.33. The first-order chi connectivity index (χ1) is 12.5. The molecule has 1 heterocycles. The van der Waals surface area contributed by atoms with Crippen molar-refractivity contribution in [2.75, 3.05) is 0 Å². The maximum Gasteiger partial charge on any atom is 0.239 e. The maximum atomic E-state index is 12.6. The molecule has 2 fully saturated rings. The summed E-state index contributed by atoms with van der Waals surface area (Å²) in [5, 5.41) is 28.1. The molecule has 1 amide bonds. The van der Waals surface area contributed by atoms with Crippen molar-refractivity contribution in [1.29, 1.82) is 0 Å². The SMILES string of the molecule is N[C@@H](Cn1cccn1)C(=O)N[C@@H](CC1CCCCC1)[C@@H](O)[C@@H](O)C1CC1. The number of rotatable bonds is 9. The quantitative estimate of drug-likeness (QED) is 0.518. The molecular weight excluding hydrogens is 332 g/mol. The molecule has 2 saturated carbocycles. The standard InChI is InChI=1S/C19H32N4O3/c20-15(12-23-10-4-9-21-23)19(26)22-16(11-13-5-2-1-3-6-13)18(25)17(24)14-7-8-14/h4,9-10,13-18,24-25H,1-3,5-8,11-12,20H2,(H,22,26)/t15-,16-,17-,18+/m0/s1. The number of nitrogens with one attached hydrogen (secondary N) is 1. The molecule has 1 aromatic rings. The Hall–Kier alpha value is -1.44. The third kappa shape index (κ3) is 5.28. The Morgan fingerprint density at radius 1 is 1.23 bits per heavy atom. The number of aliphatic hydroxyl groups excluding tert-OH is 2. The molecule has 26 heavy (non-hydrogen) atoms. The summed E-state index contributed by atoms with van der Waals surface area (Å²) < 4.78 is 1.62. The van der Waals surface area contributed by atoms with E-state index in [0.29, 0.717) is 12.3 Å². The number of hydrogen-bond acceptors (Lipinski definition) is 5. The molecule has 0 aliphatic heterocycles. The molecule has 0 radical (unpaired) electrons. The second-order valence-electron chi connectivity index (χ2n) is 8.01. The number of aliphatic hydroxyl groups is 2. The van der Waals surface area contributed by atoms with E-state index < -0.39 is 24.3 Å². The van der Waals surface area contributed by atoms with Gasteiger partial charge in [0.25, 0.3) is 0 Å². The van der Waals surface area contributed by atoms with Crippen molar-refractivity contribution in [2.45, 2.75) is 82.2 Å². The lowest BCUT2D eigenvalue weighted by atomic mass is 9.82. The Kier molecular flexibility index (Phi) is 6.67. The second kappa shape index (κ2) is 8.97. The van der Waals surface area contributed by atoms with Crippen LogP contribution in [0, 0.1) is 11.8 Å². The summed E-state index contributed by atoms with van der Waals surface area (Å²) in [4.78, 5) is 12.6. The average molecular weight is 364 g/mol. The van der Waals surface area contributed by atoms with Crippen LogP contribution in [0.25, 0.3) is 0 Å². The van der Waals surface area contributed by atoms with Gasteiger partial charge in [-0.2, -0.15) is 5.10 Å². The van der Waals surface area contributed by atoms with Crippen molar-refractivity contribution in [3.05, 3.63) is 18.5 Å². The van der Waals surface area contributed by atoms with E-state index in [-0.39, 0.29) is 18.4 Å². The summed E-state index contributed by atoms with van der Waals surface area (Å²) >= 11 is 0. The summed E-state index contributed by atoms with van der Waals surface area (Å²) in [5.41, 5.74) is 6.02. The lowest BCUT2D eigenvalue weighted by Crippen LogP contribution is -2.54. The van der Waals surface area contributed by atoms with Crippen molar-refractivity contribution >= 4 is 5.91 Å². The summed E-state index contributed by atoms with van der Waals surface area (Å²) in [7, 11) is 0. The normalized spacial score (nSPS) is 23.2. The van der Waals surface area contributed by atoms with Crippen molar-refractivity contribution in [3.63, 3.8) is 0 Å². The predicted molar refractivity (Wildman–Crippen MR) is 98.1 cm³/mol. The maximum absolute atomic E-state index is 12.6. The third-order valence-electron chi connectivity index (χ3n) is 5.79. The van der Waals surface area contributed by atoms with Gasteiger partial charge in [0, 0.05) is 12.4 Å². The van der Waals surface area contributed by atoms with E-state index in [0.717, 1.165) is 25.7 Å². The van der Waals surface area contributed by atoms with Crippen LogP contribution in [0.5, 0.6) is 0 Å². The summed E-state index contributed by atoms with van der Waals surface area (Å²) in [6, 6.07) is 0.589. The molecule has 0 saturated heterocycles. The van der Waals surface area contributed by atoms with E-state index in [2.05, 4.69) is 10.4 Å². The van der Waals surface area contributed by atoms with Crippen LogP contribution in [0.1, 0.15) is 51.4 Å². The molecule has 0 bridgehead atoms. The summed E-state index contributed by atoms with van der Waals surface area (Å²) in [5.74, 6) is 0.342. The van der Waals surface area contributed by atoms with Crippen LogP contribution >= 0.6 is 0 Å². The Morgan fingerprint density at radius 3 is 2.58 bits per heavy atom. The number of aromatic nitrogens is 2. The molecule has 2 aliphatic rings. The smallest absolute Gasteiger partial charge is 0.239 e. The molecule has 1 aromatic heterocycles. The van der Waals surface area contributed by atoms with Crippen molar-refractivity contribution in [2.24, 2.45) is 17.6 Å². The lowest BCUT2D eigenvalue weighted by molar-refractivity contribution is -0.125. The number of nitrogens with two attached hydrogens (primary N) is 1. The van der Waals surface area contributed by atoms with E-state index in [1.54, 1.807) is 23.1 Å². The van der Waals surface area contributed by atoms with Crippen LogP contribution in [0.3, 0.4) is 0 Å². The molecule has 0 spiro atoms. The molecule has 0 unspecified atom stereocenters. The van der Waals surface area contributed by atoms with Crippen molar-refractivity contribution < 1.29 is 15.0 Å². The molecule has 4 atom stereocenters. The van der Waals surface area contributed by atoms with Gasteiger partial charge in [-0.05, 0) is 37.2 Å². The second-order valence-corrected chi connectivity index (χ2v) is 8.01. The Labute approximate surface area is 155 Å². The van der Waals surface area contributed by atoms with Gasteiger partial charge in [-0.3, -0.25) is 9.48 Å². The van der Waals surface area contributed by atoms with Gasteiger partial charge in [0.1, 0.15) is 12.1 Å². The fourth-order valence-electron chi connectivity index (χ4n) is 4.00. The molecule has 2 aliphatic carbocycles. The molecule has 7 nitrogen and oxygen atoms in total. The van der Waals surface area contributed by atoms with Gasteiger partial charge in [-0.15, -0.1) is 0 Å². The van der Waals surface area contributed by atoms with Gasteiger partial charge in [0.05, 0.1) is 18.7 Å². The minimum atomic E-state index is -0.940. The number of carbonyl (C=O) groups is 1. The highest BCUT2D eigenvalue weighted by Gasteiger charge is 2.39. The minimum Gasteiger partial charge on any atom is -0.390 e. The third-order valence-corrected chi connectivity index (χ3v) is 5.79. The topological polar surface area (TPSA) is 113 Å². The van der Waals surface area contributed by atoms with Gasteiger partial charge in [0.2, 0.25) is 5.91 Å². The molecule has 5 N–H and O–H groups in total. The highest BCUT2D eigenvalue weighted by Crippen LogP contribution is 2.36. The van der Waals surface area contributed by atoms with E-state index in [1.165, 1.54) is 19.3 Å². The number of amides is 1. The molecule has 146 valence electrons. The Bertz CT molecular complexity index is 555. The van der Waals surface area contributed by atoms with E-state index in [1.807, 2.05) is 0 Å². The van der Waals surface area contributed by atoms with Gasteiger partial charge >= 0.3 is 0 Å². The zero-order valence-corrected chi connectivity index (χ0v) is 15.3. The van der Waals surface area contributed by atoms with Crippen LogP contribution in [0.15, 0.2) is 18.5 Å². The molecule has 0 aromatic carbocycles. The van der Waals surface area contributed by atoms with Crippen LogP contribution in [-0.4, -0.2) is 50.2 Å².